The molecule has 0 unspecified atom stereocenters. The molecule has 1 aromatic heterocycles. The van der Waals surface area contributed by atoms with E-state index in [9.17, 15) is 23.1 Å². The molecule has 39 heavy (non-hydrogen) atoms. The van der Waals surface area contributed by atoms with Crippen LogP contribution in [0, 0.1) is 5.41 Å². The maximum atomic E-state index is 13.1. The molecular weight excluding hydrogens is 513 g/mol. The summed E-state index contributed by atoms with van der Waals surface area (Å²) in [4.78, 5) is 21.8. The largest absolute Gasteiger partial charge is 0.483 e. The van der Waals surface area contributed by atoms with Crippen molar-refractivity contribution >= 4 is 22.7 Å². The van der Waals surface area contributed by atoms with Crippen molar-refractivity contribution in [3.63, 3.8) is 0 Å². The van der Waals surface area contributed by atoms with Gasteiger partial charge in [0.25, 0.3) is 0 Å². The summed E-state index contributed by atoms with van der Waals surface area (Å²) in [7, 11) is 0. The molecular formula is C28H35F3N4O4. The number of amidine groups is 1. The highest BCUT2D eigenvalue weighted by atomic mass is 19.4. The maximum absolute atomic E-state index is 13.1. The molecule has 6 rings (SSSR count). The highest BCUT2D eigenvalue weighted by Crippen LogP contribution is 2.47. The highest BCUT2D eigenvalue weighted by Gasteiger charge is 2.51. The molecule has 0 radical (unpaired) electrons. The number of oxime groups is 1. The number of halogens is 3. The van der Waals surface area contributed by atoms with Gasteiger partial charge in [-0.25, -0.2) is 0 Å². The van der Waals surface area contributed by atoms with Crippen LogP contribution in [0.25, 0.3) is 10.9 Å². The summed E-state index contributed by atoms with van der Waals surface area (Å²) in [6.07, 6.45) is 1.61. The molecule has 2 saturated heterocycles. The fraction of sp³-hybridized carbons (Fsp3) is 0.643. The number of hydrogen-bond donors (Lipinski definition) is 1. The monoisotopic (exact) mass is 548 g/mol. The van der Waals surface area contributed by atoms with Crippen LogP contribution in [0.1, 0.15) is 63.0 Å². The van der Waals surface area contributed by atoms with Crippen molar-refractivity contribution in [2.75, 3.05) is 32.8 Å². The van der Waals surface area contributed by atoms with Crippen molar-refractivity contribution in [2.24, 2.45) is 10.6 Å². The number of benzene rings is 1. The Kier molecular flexibility index (Phi) is 6.28. The summed E-state index contributed by atoms with van der Waals surface area (Å²) in [5.74, 6) is 0.823. The molecule has 3 fully saturated rings. The van der Waals surface area contributed by atoms with E-state index in [1.165, 1.54) is 0 Å². The van der Waals surface area contributed by atoms with E-state index in [0.29, 0.717) is 63.7 Å². The second-order valence-corrected chi connectivity index (χ2v) is 12.0. The fourth-order valence-corrected chi connectivity index (χ4v) is 6.26. The Morgan fingerprint density at radius 2 is 1.95 bits per heavy atom. The van der Waals surface area contributed by atoms with E-state index in [4.69, 9.17) is 9.57 Å². The molecule has 11 heteroatoms. The Morgan fingerprint density at radius 1 is 1.23 bits per heavy atom. The van der Waals surface area contributed by atoms with Crippen molar-refractivity contribution in [3.05, 3.63) is 29.5 Å². The molecule has 0 amide bonds. The lowest BCUT2D eigenvalue weighted by atomic mass is 9.80. The van der Waals surface area contributed by atoms with E-state index in [-0.39, 0.29) is 0 Å². The first-order valence-corrected chi connectivity index (χ1v) is 13.8. The van der Waals surface area contributed by atoms with E-state index in [1.807, 2.05) is 6.92 Å². The molecule has 1 N–H and O–H groups in total. The number of aromatic nitrogens is 1. The number of aliphatic carboxylic acids is 1. The molecule has 8 nitrogen and oxygen atoms in total. The average Bonchev–Trinajstić information content (AvgIpc) is 3.50. The van der Waals surface area contributed by atoms with Crippen LogP contribution < -0.4 is 4.74 Å². The quantitative estimate of drug-likeness (QED) is 0.527. The lowest BCUT2D eigenvalue weighted by molar-refractivity contribution is -0.153. The van der Waals surface area contributed by atoms with Gasteiger partial charge in [0.15, 0.2) is 12.2 Å². The minimum Gasteiger partial charge on any atom is -0.483 e. The van der Waals surface area contributed by atoms with E-state index in [0.717, 1.165) is 47.3 Å². The minimum absolute atomic E-state index is 0.311. The molecule has 212 valence electrons. The highest BCUT2D eigenvalue weighted by molar-refractivity contribution is 5.91. The molecule has 4 heterocycles. The van der Waals surface area contributed by atoms with Crippen molar-refractivity contribution < 1.29 is 32.6 Å². The standard InChI is InChI=1S/C28H35F3N4O4/c1-3-34-14-20(19-4-5-19)24-21(34)10-18(11-22(24)38-17-28(29,30)31)13-33-15-27(16-33)12-23(32-39-27)35-8-6-26(2,7-9-35)25(36)37/h10-11,14,19H,3-9,12-13,15-17H2,1-2H3,(H,36,37). The van der Waals surface area contributed by atoms with Gasteiger partial charge in [0.1, 0.15) is 11.6 Å². The number of rotatable bonds is 7. The van der Waals surface area contributed by atoms with Gasteiger partial charge in [-0.2, -0.15) is 13.2 Å². The predicted molar refractivity (Wildman–Crippen MR) is 139 cm³/mol. The lowest BCUT2D eigenvalue weighted by Crippen LogP contribution is -2.61. The van der Waals surface area contributed by atoms with Crippen LogP contribution in [0.3, 0.4) is 0 Å². The maximum Gasteiger partial charge on any atom is 0.422 e. The Balaban J connectivity index is 1.13. The second kappa shape index (κ2) is 9.31. The van der Waals surface area contributed by atoms with E-state index in [2.05, 4.69) is 31.8 Å². The van der Waals surface area contributed by atoms with E-state index in [1.54, 1.807) is 13.0 Å². The summed E-state index contributed by atoms with van der Waals surface area (Å²) in [6, 6.07) is 3.86. The zero-order valence-electron chi connectivity index (χ0n) is 22.4. The van der Waals surface area contributed by atoms with Gasteiger partial charge in [-0.1, -0.05) is 5.16 Å². The van der Waals surface area contributed by atoms with Crippen LogP contribution in [-0.2, 0) is 22.7 Å². The van der Waals surface area contributed by atoms with Gasteiger partial charge < -0.3 is 24.1 Å². The van der Waals surface area contributed by atoms with Gasteiger partial charge in [-0.3, -0.25) is 9.69 Å². The molecule has 1 saturated carbocycles. The van der Waals surface area contributed by atoms with Crippen molar-refractivity contribution in [2.45, 2.75) is 76.7 Å². The first-order chi connectivity index (χ1) is 18.5. The number of fused-ring (bicyclic) bond motifs is 1. The zero-order chi connectivity index (χ0) is 27.6. The number of hydrogen-bond acceptors (Lipinski definition) is 6. The van der Waals surface area contributed by atoms with Gasteiger partial charge in [0, 0.05) is 50.9 Å². The molecule has 1 aromatic carbocycles. The third kappa shape index (κ3) is 5.05. The van der Waals surface area contributed by atoms with Crippen LogP contribution in [0.5, 0.6) is 5.75 Å². The first-order valence-electron chi connectivity index (χ1n) is 13.8. The number of carboxylic acid groups (broad SMARTS) is 1. The smallest absolute Gasteiger partial charge is 0.422 e. The van der Waals surface area contributed by atoms with Gasteiger partial charge in [-0.05, 0) is 68.7 Å². The Labute approximate surface area is 225 Å². The molecule has 0 atom stereocenters. The lowest BCUT2D eigenvalue weighted by Gasteiger charge is -2.45. The number of likely N-dealkylation sites (tertiary alicyclic amines) is 2. The van der Waals surface area contributed by atoms with Crippen LogP contribution in [-0.4, -0.2) is 75.8 Å². The molecule has 4 aliphatic rings. The second-order valence-electron chi connectivity index (χ2n) is 12.0. The number of ether oxygens (including phenoxy) is 1. The molecule has 2 aromatic rings. The number of carbonyl (C=O) groups is 1. The van der Waals surface area contributed by atoms with Gasteiger partial charge in [0.05, 0.1) is 17.4 Å². The summed E-state index contributed by atoms with van der Waals surface area (Å²) in [5.41, 5.74) is 1.83. The summed E-state index contributed by atoms with van der Waals surface area (Å²) in [5, 5.41) is 14.7. The molecule has 1 spiro atoms. The first kappa shape index (κ1) is 26.3. The van der Waals surface area contributed by atoms with Crippen molar-refractivity contribution in [3.8, 4) is 5.75 Å². The Morgan fingerprint density at radius 3 is 2.56 bits per heavy atom. The van der Waals surface area contributed by atoms with Crippen LogP contribution in [0.4, 0.5) is 13.2 Å². The fourth-order valence-electron chi connectivity index (χ4n) is 6.26. The third-order valence-corrected chi connectivity index (χ3v) is 8.79. The number of aryl methyl sites for hydroxylation is 1. The Bertz CT molecular complexity index is 1300. The zero-order valence-corrected chi connectivity index (χ0v) is 22.4. The van der Waals surface area contributed by atoms with Crippen LogP contribution >= 0.6 is 0 Å². The van der Waals surface area contributed by atoms with E-state index >= 15 is 0 Å². The topological polar surface area (TPSA) is 79.5 Å². The average molecular weight is 549 g/mol. The minimum atomic E-state index is -4.41. The van der Waals surface area contributed by atoms with Gasteiger partial charge in [-0.15, -0.1) is 0 Å². The molecule has 1 aliphatic carbocycles. The predicted octanol–water partition coefficient (Wildman–Crippen LogP) is 4.95. The van der Waals surface area contributed by atoms with Crippen LogP contribution in [0.15, 0.2) is 23.5 Å². The summed E-state index contributed by atoms with van der Waals surface area (Å²) < 4.78 is 46.7. The van der Waals surface area contributed by atoms with Crippen LogP contribution in [0.2, 0.25) is 0 Å². The Hall–Kier alpha value is -2.95. The van der Waals surface area contributed by atoms with Gasteiger partial charge >= 0.3 is 12.1 Å². The summed E-state index contributed by atoms with van der Waals surface area (Å²) in [6.45, 7) is 6.46. The number of carboxylic acids is 1. The number of alkyl halides is 3. The third-order valence-electron chi connectivity index (χ3n) is 8.79. The molecule has 3 aliphatic heterocycles. The number of piperidine rings is 1. The van der Waals surface area contributed by atoms with Crippen molar-refractivity contribution in [1.29, 1.82) is 0 Å². The number of nitrogens with zero attached hydrogens (tertiary/aromatic N) is 4. The molecule has 0 bridgehead atoms. The SMILES string of the molecule is CCn1cc(C2CC2)c2c(OCC(F)(F)F)cc(CN3CC4(CC(N5CCC(C)(C(=O)O)CC5)=NO4)C3)cc21. The van der Waals surface area contributed by atoms with Gasteiger partial charge in [0.2, 0.25) is 0 Å². The normalized spacial score (nSPS) is 22.6. The van der Waals surface area contributed by atoms with E-state index < -0.39 is 29.8 Å². The van der Waals surface area contributed by atoms with Crippen molar-refractivity contribution in [1.82, 2.24) is 14.4 Å². The summed E-state index contributed by atoms with van der Waals surface area (Å²) >= 11 is 0.